The number of benzene rings is 4. The van der Waals surface area contributed by atoms with Gasteiger partial charge in [-0.2, -0.15) is 4.57 Å². The van der Waals surface area contributed by atoms with E-state index in [2.05, 4.69) is 115 Å². The number of aryl methyl sites for hydroxylation is 3. The van der Waals surface area contributed by atoms with Crippen molar-refractivity contribution in [3.8, 4) is 39.3 Å². The van der Waals surface area contributed by atoms with Crippen molar-refractivity contribution in [3.63, 3.8) is 0 Å². The van der Waals surface area contributed by atoms with Crippen molar-refractivity contribution >= 4 is 0 Å². The highest BCUT2D eigenvalue weighted by atomic mass is 79.9. The molecule has 0 fully saturated rings. The summed E-state index contributed by atoms with van der Waals surface area (Å²) in [6.07, 6.45) is 4.31. The second-order valence-electron chi connectivity index (χ2n) is 9.88. The molecular formula is C34H28BrN. The molecule has 0 bridgehead atoms. The van der Waals surface area contributed by atoms with Crippen LogP contribution in [0.1, 0.15) is 27.8 Å². The van der Waals surface area contributed by atoms with Crippen LogP contribution in [-0.4, -0.2) is 0 Å². The molecule has 2 aliphatic carbocycles. The Morgan fingerprint density at radius 1 is 0.556 bits per heavy atom. The first kappa shape index (κ1) is 22.9. The normalized spacial score (nSPS) is 13.0. The van der Waals surface area contributed by atoms with Gasteiger partial charge in [-0.25, -0.2) is 0 Å². The fourth-order valence-electron chi connectivity index (χ4n) is 6.29. The van der Waals surface area contributed by atoms with Gasteiger partial charge in [0.1, 0.15) is 0 Å². The maximum absolute atomic E-state index is 2.60. The molecule has 0 aliphatic heterocycles. The van der Waals surface area contributed by atoms with E-state index in [1.54, 1.807) is 0 Å². The van der Waals surface area contributed by atoms with Crippen LogP contribution in [0.5, 0.6) is 0 Å². The predicted octanol–water partition coefficient (Wildman–Crippen LogP) is 4.47. The summed E-state index contributed by atoms with van der Waals surface area (Å²) in [7, 11) is 0. The third kappa shape index (κ3) is 3.55. The van der Waals surface area contributed by atoms with Crippen molar-refractivity contribution in [2.75, 3.05) is 0 Å². The highest BCUT2D eigenvalue weighted by molar-refractivity contribution is 5.85. The molecule has 0 N–H and O–H groups in total. The zero-order valence-corrected chi connectivity index (χ0v) is 22.1. The SMILES string of the molecule is Cc1cccc(-[n+]2c3c(c(-c4ccccc4)c4c2-c2ccccc2CC4)CCc2ccccc2-3)c1.[Br-]. The summed E-state index contributed by atoms with van der Waals surface area (Å²) < 4.78 is 2.60. The summed E-state index contributed by atoms with van der Waals surface area (Å²) >= 11 is 0. The topological polar surface area (TPSA) is 3.88 Å². The van der Waals surface area contributed by atoms with E-state index < -0.39 is 0 Å². The Labute approximate surface area is 223 Å². The number of pyridine rings is 1. The van der Waals surface area contributed by atoms with Crippen LogP contribution < -0.4 is 21.5 Å². The average Bonchev–Trinajstić information content (AvgIpc) is 2.92. The van der Waals surface area contributed by atoms with Crippen molar-refractivity contribution in [1.29, 1.82) is 0 Å². The fraction of sp³-hybridized carbons (Fsp3) is 0.147. The van der Waals surface area contributed by atoms with Gasteiger partial charge in [-0.15, -0.1) is 0 Å². The van der Waals surface area contributed by atoms with Crippen LogP contribution in [-0.2, 0) is 25.7 Å². The van der Waals surface area contributed by atoms with E-state index in [1.165, 1.54) is 67.1 Å². The minimum atomic E-state index is 0. The molecule has 0 amide bonds. The molecule has 0 atom stereocenters. The van der Waals surface area contributed by atoms with Crippen LogP contribution in [0.15, 0.2) is 103 Å². The minimum Gasteiger partial charge on any atom is -1.00 e. The molecule has 0 spiro atoms. The summed E-state index contributed by atoms with van der Waals surface area (Å²) in [5, 5.41) is 0. The summed E-state index contributed by atoms with van der Waals surface area (Å²) in [5.74, 6) is 0. The lowest BCUT2D eigenvalue weighted by Gasteiger charge is -2.28. The number of fused-ring (bicyclic) bond motifs is 6. The van der Waals surface area contributed by atoms with Gasteiger partial charge in [0, 0.05) is 28.8 Å². The van der Waals surface area contributed by atoms with Gasteiger partial charge < -0.3 is 17.0 Å². The third-order valence-electron chi connectivity index (χ3n) is 7.78. The predicted molar refractivity (Wildman–Crippen MR) is 144 cm³/mol. The Bertz CT molecular complexity index is 1520. The molecular weight excluding hydrogens is 502 g/mol. The smallest absolute Gasteiger partial charge is 0.223 e. The van der Waals surface area contributed by atoms with Gasteiger partial charge in [-0.1, -0.05) is 78.9 Å². The molecule has 7 rings (SSSR count). The Hall–Kier alpha value is -3.49. The quantitative estimate of drug-likeness (QED) is 0.297. The lowest BCUT2D eigenvalue weighted by Crippen LogP contribution is -3.00. The summed E-state index contributed by atoms with van der Waals surface area (Å²) in [6.45, 7) is 2.20. The number of hydrogen-bond acceptors (Lipinski definition) is 0. The standard InChI is InChI=1S/C34H28N.BrH/c1-23-10-9-15-27(22-23)35-33-28-16-7-5-11-24(28)18-20-30(33)32(26-13-3-2-4-14-26)31-21-19-25-12-6-8-17-29(25)34(31)35;/h2-17,22H,18-21H2,1H3;1H/q+1;/p-1. The first-order valence-electron chi connectivity index (χ1n) is 12.7. The molecule has 0 saturated carbocycles. The molecule has 1 nitrogen and oxygen atoms in total. The Kier molecular flexibility index (Phi) is 5.85. The van der Waals surface area contributed by atoms with E-state index in [0.717, 1.165) is 25.7 Å². The van der Waals surface area contributed by atoms with Crippen LogP contribution >= 0.6 is 0 Å². The van der Waals surface area contributed by atoms with Crippen molar-refractivity contribution in [2.24, 2.45) is 0 Å². The van der Waals surface area contributed by atoms with E-state index >= 15 is 0 Å². The van der Waals surface area contributed by atoms with Crippen molar-refractivity contribution in [2.45, 2.75) is 32.6 Å². The van der Waals surface area contributed by atoms with Gasteiger partial charge in [0.15, 0.2) is 0 Å². The first-order valence-corrected chi connectivity index (χ1v) is 12.7. The second kappa shape index (κ2) is 9.19. The maximum Gasteiger partial charge on any atom is 0.223 e. The molecule has 1 aromatic heterocycles. The summed E-state index contributed by atoms with van der Waals surface area (Å²) in [6, 6.07) is 38.2. The lowest BCUT2D eigenvalue weighted by molar-refractivity contribution is -0.573. The highest BCUT2D eigenvalue weighted by Gasteiger charge is 2.38. The molecule has 2 heteroatoms. The summed E-state index contributed by atoms with van der Waals surface area (Å²) in [5.41, 5.74) is 16.7. The van der Waals surface area contributed by atoms with Crippen LogP contribution in [0, 0.1) is 6.92 Å². The average molecular weight is 531 g/mol. The minimum absolute atomic E-state index is 0. The van der Waals surface area contributed by atoms with Gasteiger partial charge in [0.2, 0.25) is 17.1 Å². The molecule has 2 aliphatic rings. The van der Waals surface area contributed by atoms with E-state index in [9.17, 15) is 0 Å². The zero-order chi connectivity index (χ0) is 23.4. The molecule has 1 heterocycles. The number of rotatable bonds is 2. The molecule has 0 radical (unpaired) electrons. The Morgan fingerprint density at radius 3 is 1.69 bits per heavy atom. The lowest BCUT2D eigenvalue weighted by atomic mass is 9.77. The summed E-state index contributed by atoms with van der Waals surface area (Å²) in [4.78, 5) is 0. The van der Waals surface area contributed by atoms with Crippen molar-refractivity contribution < 1.29 is 21.5 Å². The maximum atomic E-state index is 2.60. The number of hydrogen-bond donors (Lipinski definition) is 0. The molecule has 5 aromatic rings. The number of aromatic nitrogens is 1. The largest absolute Gasteiger partial charge is 1.00 e. The van der Waals surface area contributed by atoms with Gasteiger partial charge in [-0.05, 0) is 67.0 Å². The molecule has 176 valence electrons. The second-order valence-corrected chi connectivity index (χ2v) is 9.88. The number of nitrogens with zero attached hydrogens (tertiary/aromatic N) is 1. The van der Waals surface area contributed by atoms with Crippen LogP contribution in [0.2, 0.25) is 0 Å². The Morgan fingerprint density at radius 2 is 1.11 bits per heavy atom. The highest BCUT2D eigenvalue weighted by Crippen LogP contribution is 2.45. The van der Waals surface area contributed by atoms with E-state index in [1.807, 2.05) is 0 Å². The van der Waals surface area contributed by atoms with Crippen molar-refractivity contribution in [1.82, 2.24) is 0 Å². The van der Waals surface area contributed by atoms with E-state index in [4.69, 9.17) is 0 Å². The zero-order valence-electron chi connectivity index (χ0n) is 20.5. The monoisotopic (exact) mass is 529 g/mol. The van der Waals surface area contributed by atoms with E-state index in [0.29, 0.717) is 0 Å². The van der Waals surface area contributed by atoms with Gasteiger partial charge >= 0.3 is 0 Å². The van der Waals surface area contributed by atoms with Gasteiger partial charge in [-0.3, -0.25) is 0 Å². The van der Waals surface area contributed by atoms with Crippen LogP contribution in [0.25, 0.3) is 39.3 Å². The van der Waals surface area contributed by atoms with Crippen LogP contribution in [0.4, 0.5) is 0 Å². The third-order valence-corrected chi connectivity index (χ3v) is 7.78. The van der Waals surface area contributed by atoms with Crippen molar-refractivity contribution in [3.05, 3.63) is 131 Å². The van der Waals surface area contributed by atoms with Gasteiger partial charge in [0.05, 0.1) is 11.1 Å². The van der Waals surface area contributed by atoms with Gasteiger partial charge in [0.25, 0.3) is 0 Å². The fourth-order valence-corrected chi connectivity index (χ4v) is 6.29. The van der Waals surface area contributed by atoms with Crippen LogP contribution in [0.3, 0.4) is 0 Å². The first-order chi connectivity index (χ1) is 17.3. The molecule has 0 unspecified atom stereocenters. The Balaban J connectivity index is 0.00000240. The van der Waals surface area contributed by atoms with E-state index in [-0.39, 0.29) is 17.0 Å². The number of halogens is 1. The molecule has 4 aromatic carbocycles. The molecule has 36 heavy (non-hydrogen) atoms. The molecule has 0 saturated heterocycles.